The number of hydrogen-bond acceptors (Lipinski definition) is 2. The fourth-order valence-corrected chi connectivity index (χ4v) is 0.998. The Bertz CT molecular complexity index is 84.5. The summed E-state index contributed by atoms with van der Waals surface area (Å²) >= 11 is 9.51. The molecule has 0 aliphatic rings. The zero-order chi connectivity index (χ0) is 8.57. The first kappa shape index (κ1) is 17.7. The van der Waals surface area contributed by atoms with Crippen LogP contribution >= 0.6 is 12.2 Å². The summed E-state index contributed by atoms with van der Waals surface area (Å²) in [6.07, 6.45) is 0. The molecule has 0 aliphatic heterocycles. The fourth-order valence-electron chi connectivity index (χ4n) is 0.482. The maximum Gasteiger partial charge on any atom is 0.0133 e. The molecule has 0 bridgehead atoms. The van der Waals surface area contributed by atoms with Gasteiger partial charge < -0.3 is 29.7 Å². The summed E-state index contributed by atoms with van der Waals surface area (Å²) in [5.41, 5.74) is 0. The van der Waals surface area contributed by atoms with Crippen molar-refractivity contribution < 1.29 is 19.5 Å². The molecule has 0 aromatic rings. The molecule has 0 unspecified atom stereocenters. The molecule has 0 saturated carbocycles. The van der Waals surface area contributed by atoms with Crippen LogP contribution in [0.15, 0.2) is 0 Å². The molecule has 0 N–H and O–H groups in total. The normalized spacial score (nSPS) is 6.91. The van der Waals surface area contributed by atoms with Gasteiger partial charge in [-0.1, -0.05) is 18.2 Å². The van der Waals surface area contributed by atoms with Gasteiger partial charge in [0.2, 0.25) is 0 Å². The molecule has 0 aromatic carbocycles. The first-order valence-corrected chi connectivity index (χ1v) is 4.20. The van der Waals surface area contributed by atoms with E-state index in [0.717, 1.165) is 13.1 Å². The smallest absolute Gasteiger partial charge is 0.0133 e. The van der Waals surface area contributed by atoms with Gasteiger partial charge in [0.05, 0.1) is 0 Å². The van der Waals surface area contributed by atoms with Crippen molar-refractivity contribution in [3.8, 4) is 0 Å². The summed E-state index contributed by atoms with van der Waals surface area (Å²) in [6.45, 7) is 10.9. The molecule has 0 fully saturated rings. The van der Waals surface area contributed by atoms with Crippen molar-refractivity contribution in [2.24, 2.45) is 0 Å². The third kappa shape index (κ3) is 10.7. The van der Waals surface area contributed by atoms with Crippen molar-refractivity contribution in [3.05, 3.63) is 6.92 Å². The summed E-state index contributed by atoms with van der Waals surface area (Å²) < 4.78 is 0.579. The van der Waals surface area contributed by atoms with Gasteiger partial charge in [0.1, 0.15) is 0 Å². The molecular weight excluding hydrogens is 228 g/mol. The topological polar surface area (TPSA) is 3.24 Å². The molecule has 0 atom stereocenters. The van der Waals surface area contributed by atoms with Crippen molar-refractivity contribution in [1.29, 1.82) is 0 Å². The Hall–Kier alpha value is 0.733. The molecule has 0 rings (SSSR count). The summed E-state index contributed by atoms with van der Waals surface area (Å²) in [5.74, 6) is 0. The minimum Gasteiger partial charge on any atom is -0.411 e. The monoisotopic (exact) mass is 241 g/mol. The first-order valence-electron chi connectivity index (χ1n) is 3.39. The van der Waals surface area contributed by atoms with E-state index in [9.17, 15) is 0 Å². The molecule has 4 heteroatoms. The Morgan fingerprint density at radius 1 is 1.36 bits per heavy atom. The summed E-state index contributed by atoms with van der Waals surface area (Å²) in [4.78, 5) is 1.96. The third-order valence-electron chi connectivity index (χ3n) is 1.02. The number of thiocarbonyl (C=S) groups is 1. The van der Waals surface area contributed by atoms with Gasteiger partial charge in [0.15, 0.2) is 0 Å². The Balaban J connectivity index is -0.000000196. The van der Waals surface area contributed by atoms with Crippen LogP contribution in [0.3, 0.4) is 0 Å². The predicted molar refractivity (Wildman–Crippen MR) is 53.9 cm³/mol. The van der Waals surface area contributed by atoms with Crippen LogP contribution in [-0.4, -0.2) is 22.3 Å². The van der Waals surface area contributed by atoms with Crippen molar-refractivity contribution in [2.75, 3.05) is 13.1 Å². The van der Waals surface area contributed by atoms with E-state index in [1.165, 1.54) is 0 Å². The van der Waals surface area contributed by atoms with Crippen molar-refractivity contribution in [3.63, 3.8) is 0 Å². The first-order chi connectivity index (χ1) is 4.72. The van der Waals surface area contributed by atoms with Crippen LogP contribution in [0.1, 0.15) is 20.8 Å². The standard InChI is InChI=1S/C5H11NS2.C2H5.Zn/c1-3-6(4-2)5(7)8;1-2;/h3-4H2,1-2H3,(H,7,8);1H2,2H3;/p-1. The maximum absolute atomic E-state index is 4.76. The largest absolute Gasteiger partial charge is 0.411 e. The minimum atomic E-state index is 0. The van der Waals surface area contributed by atoms with Gasteiger partial charge in [-0.3, -0.25) is 0 Å². The van der Waals surface area contributed by atoms with Crippen LogP contribution in [0.25, 0.3) is 0 Å². The molecule has 11 heavy (non-hydrogen) atoms. The predicted octanol–water partition coefficient (Wildman–Crippen LogP) is 2.00. The van der Waals surface area contributed by atoms with Crippen LogP contribution < -0.4 is 0 Å². The van der Waals surface area contributed by atoms with E-state index in [-0.39, 0.29) is 19.5 Å². The van der Waals surface area contributed by atoms with Crippen LogP contribution in [0, 0.1) is 6.92 Å². The van der Waals surface area contributed by atoms with Crippen molar-refractivity contribution >= 4 is 29.2 Å². The number of rotatable bonds is 2. The Kier molecular flexibility index (Phi) is 21.5. The molecule has 0 amide bonds. The fraction of sp³-hybridized carbons (Fsp3) is 0.714. The average molecular weight is 243 g/mol. The van der Waals surface area contributed by atoms with E-state index >= 15 is 0 Å². The molecule has 1 nitrogen and oxygen atoms in total. The van der Waals surface area contributed by atoms with Gasteiger partial charge in [0, 0.05) is 32.6 Å². The van der Waals surface area contributed by atoms with Gasteiger partial charge in [-0.05, 0) is 13.8 Å². The second-order valence-corrected chi connectivity index (χ2v) is 2.47. The third-order valence-corrected chi connectivity index (χ3v) is 1.54. The SMILES string of the molecule is CCN(CC)C(=S)[S-].[CH2]C.[Zn]. The van der Waals surface area contributed by atoms with E-state index in [4.69, 9.17) is 24.8 Å². The second-order valence-electron chi connectivity index (χ2n) is 1.44. The second kappa shape index (κ2) is 13.3. The Labute approximate surface area is 94.1 Å². The van der Waals surface area contributed by atoms with E-state index in [0.29, 0.717) is 4.32 Å². The quantitative estimate of drug-likeness (QED) is 0.414. The maximum atomic E-state index is 4.76. The molecule has 0 heterocycles. The Morgan fingerprint density at radius 2 is 1.64 bits per heavy atom. The minimum absolute atomic E-state index is 0. The zero-order valence-electron chi connectivity index (χ0n) is 7.59. The van der Waals surface area contributed by atoms with Gasteiger partial charge in [-0.2, -0.15) is 0 Å². The van der Waals surface area contributed by atoms with Gasteiger partial charge >= 0.3 is 0 Å². The van der Waals surface area contributed by atoms with E-state index in [1.807, 2.05) is 18.7 Å². The van der Waals surface area contributed by atoms with Crippen LogP contribution in [0.5, 0.6) is 0 Å². The molecule has 1 radical (unpaired) electrons. The summed E-state index contributed by atoms with van der Waals surface area (Å²) in [5, 5.41) is 0. The van der Waals surface area contributed by atoms with E-state index in [2.05, 4.69) is 6.92 Å². The van der Waals surface area contributed by atoms with Crippen molar-refractivity contribution in [2.45, 2.75) is 20.8 Å². The number of nitrogens with zero attached hydrogens (tertiary/aromatic N) is 1. The summed E-state index contributed by atoms with van der Waals surface area (Å²) in [6, 6.07) is 0. The van der Waals surface area contributed by atoms with Gasteiger partial charge in [-0.25, -0.2) is 0 Å². The van der Waals surface area contributed by atoms with Crippen LogP contribution in [0.4, 0.5) is 0 Å². The van der Waals surface area contributed by atoms with Gasteiger partial charge in [0.25, 0.3) is 0 Å². The van der Waals surface area contributed by atoms with Crippen LogP contribution in [0.2, 0.25) is 0 Å². The molecule has 63 valence electrons. The molecular formula is C7H15NS2Zn-. The molecule has 0 saturated heterocycles. The number of hydrogen-bond donors (Lipinski definition) is 0. The van der Waals surface area contributed by atoms with Gasteiger partial charge in [-0.15, -0.1) is 0 Å². The van der Waals surface area contributed by atoms with Crippen molar-refractivity contribution in [1.82, 2.24) is 4.90 Å². The molecule has 0 aliphatic carbocycles. The summed E-state index contributed by atoms with van der Waals surface area (Å²) in [7, 11) is 0. The molecule has 0 spiro atoms. The van der Waals surface area contributed by atoms with E-state index < -0.39 is 0 Å². The van der Waals surface area contributed by atoms with E-state index in [1.54, 1.807) is 6.92 Å². The molecule has 0 aromatic heterocycles. The zero-order valence-corrected chi connectivity index (χ0v) is 12.2. The Morgan fingerprint density at radius 3 is 1.64 bits per heavy atom. The van der Waals surface area contributed by atoms with Crippen LogP contribution in [-0.2, 0) is 32.1 Å². The average Bonchev–Trinajstić information content (AvgIpc) is 1.94.